The Bertz CT molecular complexity index is 1360. The predicted octanol–water partition coefficient (Wildman–Crippen LogP) is 3.93. The van der Waals surface area contributed by atoms with Crippen LogP contribution in [0.1, 0.15) is 30.0 Å². The van der Waals surface area contributed by atoms with Crippen LogP contribution in [0.15, 0.2) is 91.0 Å². The van der Waals surface area contributed by atoms with Crippen LogP contribution < -0.4 is 4.90 Å². The van der Waals surface area contributed by atoms with E-state index in [0.717, 1.165) is 11.1 Å². The minimum atomic E-state index is -2.05. The van der Waals surface area contributed by atoms with Crippen LogP contribution in [-0.2, 0) is 28.3 Å². The molecule has 0 fully saturated rings. The number of benzene rings is 3. The van der Waals surface area contributed by atoms with Crippen molar-refractivity contribution in [2.75, 3.05) is 18.1 Å². The van der Waals surface area contributed by atoms with Gasteiger partial charge in [0, 0.05) is 43.1 Å². The zero-order chi connectivity index (χ0) is 28.0. The van der Waals surface area contributed by atoms with Crippen LogP contribution in [0, 0.1) is 16.0 Å². The van der Waals surface area contributed by atoms with Crippen LogP contribution in [0.5, 0.6) is 0 Å². The summed E-state index contributed by atoms with van der Waals surface area (Å²) in [4.78, 5) is 40.5. The molecule has 2 amide bonds. The van der Waals surface area contributed by atoms with E-state index in [4.69, 9.17) is 0 Å². The van der Waals surface area contributed by atoms with Crippen molar-refractivity contribution in [3.8, 4) is 0 Å². The summed E-state index contributed by atoms with van der Waals surface area (Å²) in [5.74, 6) is -1.60. The number of carbonyl (C=O) groups excluding carboxylic acids is 2. The molecule has 202 valence electrons. The highest BCUT2D eigenvalue weighted by molar-refractivity contribution is 6.07. The molecular weight excluding hydrogens is 498 g/mol. The van der Waals surface area contributed by atoms with E-state index in [-0.39, 0.29) is 43.3 Å². The fourth-order valence-corrected chi connectivity index (χ4v) is 4.83. The van der Waals surface area contributed by atoms with Crippen LogP contribution in [0.3, 0.4) is 0 Å². The second-order valence-corrected chi connectivity index (χ2v) is 9.55. The van der Waals surface area contributed by atoms with E-state index >= 15 is 0 Å². The molecule has 3 aromatic rings. The van der Waals surface area contributed by atoms with Crippen LogP contribution in [0.2, 0.25) is 0 Å². The van der Waals surface area contributed by atoms with Gasteiger partial charge in [0.1, 0.15) is 0 Å². The van der Waals surface area contributed by atoms with Crippen LogP contribution in [0.25, 0.3) is 0 Å². The normalized spacial score (nSPS) is 17.3. The number of anilines is 1. The molecule has 0 unspecified atom stereocenters. The van der Waals surface area contributed by atoms with Crippen molar-refractivity contribution in [1.29, 1.82) is 0 Å². The highest BCUT2D eigenvalue weighted by atomic mass is 16.6. The average Bonchev–Trinajstić information content (AvgIpc) is 3.16. The first-order valence-corrected chi connectivity index (χ1v) is 12.7. The molecule has 1 aliphatic rings. The van der Waals surface area contributed by atoms with Gasteiger partial charge in [0.05, 0.1) is 23.8 Å². The van der Waals surface area contributed by atoms with E-state index in [2.05, 4.69) is 0 Å². The van der Waals surface area contributed by atoms with Gasteiger partial charge in [-0.15, -0.1) is 0 Å². The Balaban J connectivity index is 1.56. The van der Waals surface area contributed by atoms with Crippen molar-refractivity contribution < 1.29 is 24.7 Å². The van der Waals surface area contributed by atoms with Crippen molar-refractivity contribution in [2.24, 2.45) is 5.92 Å². The van der Waals surface area contributed by atoms with Gasteiger partial charge in [-0.05, 0) is 17.2 Å². The number of nitro benzene ring substituents is 1. The smallest absolute Gasteiger partial charge is 0.269 e. The lowest BCUT2D eigenvalue weighted by Crippen LogP contribution is -2.44. The summed E-state index contributed by atoms with van der Waals surface area (Å²) >= 11 is 0. The molecule has 2 N–H and O–H groups in total. The first-order valence-electron chi connectivity index (χ1n) is 12.7. The summed E-state index contributed by atoms with van der Waals surface area (Å²) in [5, 5.41) is 32.7. The molecule has 0 saturated heterocycles. The molecule has 1 aliphatic heterocycles. The van der Waals surface area contributed by atoms with E-state index in [1.165, 1.54) is 23.1 Å². The molecular formula is C30H31N3O6. The predicted molar refractivity (Wildman–Crippen MR) is 146 cm³/mol. The van der Waals surface area contributed by atoms with Crippen molar-refractivity contribution in [1.82, 2.24) is 4.90 Å². The molecule has 1 heterocycles. The third-order valence-electron chi connectivity index (χ3n) is 6.96. The molecule has 0 aromatic heterocycles. The molecule has 3 aromatic carbocycles. The molecule has 0 saturated carbocycles. The SMILES string of the molecule is C[C@@H](/C=C/CC(=O)N(CCO)Cc1ccccc1)[C@]1(O)C(=O)N(Cc2ccccc2)c2ccc([N+](=O)[O-])cc21. The number of hydrogen-bond acceptors (Lipinski definition) is 6. The highest BCUT2D eigenvalue weighted by Crippen LogP contribution is 2.47. The molecule has 0 radical (unpaired) electrons. The highest BCUT2D eigenvalue weighted by Gasteiger charge is 2.53. The van der Waals surface area contributed by atoms with Gasteiger partial charge >= 0.3 is 0 Å². The van der Waals surface area contributed by atoms with Gasteiger partial charge in [-0.3, -0.25) is 19.7 Å². The second kappa shape index (κ2) is 12.0. The summed E-state index contributed by atoms with van der Waals surface area (Å²) in [6.07, 6.45) is 3.17. The summed E-state index contributed by atoms with van der Waals surface area (Å²) < 4.78 is 0. The van der Waals surface area contributed by atoms with Crippen LogP contribution in [0.4, 0.5) is 11.4 Å². The summed E-state index contributed by atoms with van der Waals surface area (Å²) in [6.45, 7) is 2.17. The van der Waals surface area contributed by atoms with Gasteiger partial charge < -0.3 is 20.0 Å². The minimum Gasteiger partial charge on any atom is -0.395 e. The molecule has 2 atom stereocenters. The Hall–Kier alpha value is -4.34. The number of hydrogen-bond donors (Lipinski definition) is 2. The van der Waals surface area contributed by atoms with Gasteiger partial charge in [0.25, 0.3) is 11.6 Å². The van der Waals surface area contributed by atoms with Crippen molar-refractivity contribution in [2.45, 2.75) is 32.0 Å². The number of carbonyl (C=O) groups is 2. The first-order chi connectivity index (χ1) is 18.8. The number of aliphatic hydroxyl groups is 2. The Kier molecular flexibility index (Phi) is 8.53. The van der Waals surface area contributed by atoms with Crippen molar-refractivity contribution in [3.05, 3.63) is 118 Å². The van der Waals surface area contributed by atoms with Gasteiger partial charge in [-0.25, -0.2) is 0 Å². The maximum atomic E-state index is 13.7. The molecule has 0 spiro atoms. The first kappa shape index (κ1) is 27.7. The van der Waals surface area contributed by atoms with E-state index < -0.39 is 22.3 Å². The van der Waals surface area contributed by atoms with Gasteiger partial charge in [0.2, 0.25) is 5.91 Å². The van der Waals surface area contributed by atoms with E-state index in [9.17, 15) is 29.9 Å². The number of rotatable bonds is 11. The van der Waals surface area contributed by atoms with Gasteiger partial charge in [-0.2, -0.15) is 0 Å². The molecule has 39 heavy (non-hydrogen) atoms. The number of aliphatic hydroxyl groups excluding tert-OH is 1. The third kappa shape index (κ3) is 5.89. The third-order valence-corrected chi connectivity index (χ3v) is 6.96. The quantitative estimate of drug-likeness (QED) is 0.220. The maximum Gasteiger partial charge on any atom is 0.269 e. The largest absolute Gasteiger partial charge is 0.395 e. The monoisotopic (exact) mass is 529 g/mol. The number of amides is 2. The molecule has 4 rings (SSSR count). The van der Waals surface area contributed by atoms with E-state index in [1.54, 1.807) is 24.0 Å². The Morgan fingerprint density at radius 2 is 1.72 bits per heavy atom. The standard InChI is InChI=1S/C30H31N3O6/c1-22(9-8-14-28(35)31(17-18-34)20-23-10-4-2-5-11-23)30(37)26-19-25(33(38)39)15-16-27(26)32(29(30)36)21-24-12-6-3-7-13-24/h2-13,15-16,19,22,34,37H,14,17-18,20-21H2,1H3/b9-8+/t22-,30+/m0/s1. The Morgan fingerprint density at radius 1 is 1.08 bits per heavy atom. The fraction of sp³-hybridized carbons (Fsp3) is 0.267. The maximum absolute atomic E-state index is 13.7. The fourth-order valence-electron chi connectivity index (χ4n) is 4.83. The number of non-ortho nitro benzene ring substituents is 1. The number of nitrogens with zero attached hydrogens (tertiary/aromatic N) is 3. The van der Waals surface area contributed by atoms with Gasteiger partial charge in [-0.1, -0.05) is 79.7 Å². The average molecular weight is 530 g/mol. The molecule has 9 heteroatoms. The molecule has 9 nitrogen and oxygen atoms in total. The van der Waals surface area contributed by atoms with Crippen LogP contribution in [-0.4, -0.2) is 45.0 Å². The lowest BCUT2D eigenvalue weighted by molar-refractivity contribution is -0.385. The van der Waals surface area contributed by atoms with Crippen molar-refractivity contribution >= 4 is 23.2 Å². The van der Waals surface area contributed by atoms with Crippen molar-refractivity contribution in [3.63, 3.8) is 0 Å². The summed E-state index contributed by atoms with van der Waals surface area (Å²) in [7, 11) is 0. The topological polar surface area (TPSA) is 124 Å². The minimum absolute atomic E-state index is 0.00301. The van der Waals surface area contributed by atoms with E-state index in [1.807, 2.05) is 60.7 Å². The Labute approximate surface area is 226 Å². The molecule has 0 aliphatic carbocycles. The summed E-state index contributed by atoms with van der Waals surface area (Å²) in [5.41, 5.74) is 0.0606. The number of nitro groups is 1. The van der Waals surface area contributed by atoms with Crippen LogP contribution >= 0.6 is 0 Å². The lowest BCUT2D eigenvalue weighted by Gasteiger charge is -2.27. The molecule has 0 bridgehead atoms. The Morgan fingerprint density at radius 3 is 2.33 bits per heavy atom. The zero-order valence-electron chi connectivity index (χ0n) is 21.6. The van der Waals surface area contributed by atoms with E-state index in [0.29, 0.717) is 12.2 Å². The summed E-state index contributed by atoms with van der Waals surface area (Å²) in [6, 6.07) is 22.8. The van der Waals surface area contributed by atoms with Gasteiger partial charge in [0.15, 0.2) is 5.60 Å². The second-order valence-electron chi connectivity index (χ2n) is 9.55. The lowest BCUT2D eigenvalue weighted by atomic mass is 9.82. The number of fused-ring (bicyclic) bond motifs is 1. The zero-order valence-corrected chi connectivity index (χ0v) is 21.6.